The number of amides is 1. The summed E-state index contributed by atoms with van der Waals surface area (Å²) in [6, 6.07) is 11.6. The largest absolute Gasteiger partial charge is 0.497 e. The Morgan fingerprint density at radius 1 is 1.15 bits per heavy atom. The molecule has 170 valence electrons. The van der Waals surface area contributed by atoms with Crippen LogP contribution in [0.25, 0.3) is 15.3 Å². The van der Waals surface area contributed by atoms with E-state index in [1.165, 1.54) is 11.3 Å². The Labute approximate surface area is 195 Å². The van der Waals surface area contributed by atoms with E-state index in [1.54, 1.807) is 18.9 Å². The number of anilines is 1. The van der Waals surface area contributed by atoms with Crippen molar-refractivity contribution in [1.82, 2.24) is 14.8 Å². The van der Waals surface area contributed by atoms with Gasteiger partial charge in [-0.3, -0.25) is 4.79 Å². The quantitative estimate of drug-likeness (QED) is 0.446. The molecule has 5 rings (SSSR count). The van der Waals surface area contributed by atoms with E-state index in [0.717, 1.165) is 32.8 Å². The zero-order valence-electron chi connectivity index (χ0n) is 18.8. The van der Waals surface area contributed by atoms with Crippen LogP contribution in [0.15, 0.2) is 36.4 Å². The highest BCUT2D eigenvalue weighted by atomic mass is 32.1. The van der Waals surface area contributed by atoms with Gasteiger partial charge in [0.2, 0.25) is 11.0 Å². The first-order valence-electron chi connectivity index (χ1n) is 10.7. The van der Waals surface area contributed by atoms with E-state index < -0.39 is 0 Å². The number of benzene rings is 2. The van der Waals surface area contributed by atoms with Gasteiger partial charge in [-0.1, -0.05) is 17.4 Å². The Morgan fingerprint density at radius 3 is 2.76 bits per heavy atom. The number of carbonyl (C=O) groups is 1. The third-order valence-electron chi connectivity index (χ3n) is 5.76. The zero-order valence-corrected chi connectivity index (χ0v) is 19.7. The predicted molar refractivity (Wildman–Crippen MR) is 127 cm³/mol. The van der Waals surface area contributed by atoms with Gasteiger partial charge in [0.05, 0.1) is 36.7 Å². The van der Waals surface area contributed by atoms with Gasteiger partial charge >= 0.3 is 0 Å². The molecule has 2 aromatic carbocycles. The first-order chi connectivity index (χ1) is 16.0. The lowest BCUT2D eigenvalue weighted by Gasteiger charge is -2.24. The maximum absolute atomic E-state index is 12.7. The van der Waals surface area contributed by atoms with Crippen LogP contribution >= 0.6 is 11.3 Å². The molecular formula is C24H24N4O4S. The van der Waals surface area contributed by atoms with E-state index >= 15 is 0 Å². The normalized spacial score (nSPS) is 15.3. The van der Waals surface area contributed by atoms with E-state index in [-0.39, 0.29) is 11.8 Å². The van der Waals surface area contributed by atoms with Crippen LogP contribution in [0.1, 0.15) is 36.1 Å². The standard InChI is InChI=1S/C24H24N4O4S/c1-5-32-18-9-6-14(10-19(18)31-4)16-12-21(29)26-23-22(16)13(2)27-28(23)24-25-17-8-7-15(30-3)11-20(17)33-24/h6-11,16H,5,12H2,1-4H3,(H,26,29)/t16-/m0/s1. The molecule has 1 amide bonds. The lowest BCUT2D eigenvalue weighted by atomic mass is 9.85. The van der Waals surface area contributed by atoms with Crippen molar-refractivity contribution in [3.63, 3.8) is 0 Å². The number of aryl methyl sites for hydroxylation is 1. The van der Waals surface area contributed by atoms with Crippen molar-refractivity contribution in [2.45, 2.75) is 26.2 Å². The van der Waals surface area contributed by atoms with Crippen LogP contribution in [0.2, 0.25) is 0 Å². The van der Waals surface area contributed by atoms with Gasteiger partial charge in [0.1, 0.15) is 11.6 Å². The number of aromatic nitrogens is 3. The summed E-state index contributed by atoms with van der Waals surface area (Å²) in [6.45, 7) is 4.44. The van der Waals surface area contributed by atoms with Crippen LogP contribution in [-0.4, -0.2) is 41.5 Å². The van der Waals surface area contributed by atoms with Gasteiger partial charge in [0.15, 0.2) is 11.5 Å². The van der Waals surface area contributed by atoms with Gasteiger partial charge in [-0.2, -0.15) is 9.78 Å². The Balaban J connectivity index is 1.60. The van der Waals surface area contributed by atoms with E-state index in [4.69, 9.17) is 24.3 Å². The molecule has 0 saturated heterocycles. The molecule has 0 unspecified atom stereocenters. The molecule has 1 N–H and O–H groups in total. The molecule has 0 aliphatic carbocycles. The fraction of sp³-hybridized carbons (Fsp3) is 0.292. The summed E-state index contributed by atoms with van der Waals surface area (Å²) in [5.74, 6) is 2.54. The number of nitrogens with one attached hydrogen (secondary N) is 1. The van der Waals surface area contributed by atoms with Crippen molar-refractivity contribution in [2.24, 2.45) is 0 Å². The molecule has 0 bridgehead atoms. The van der Waals surface area contributed by atoms with Gasteiger partial charge in [-0.05, 0) is 49.7 Å². The molecule has 0 saturated carbocycles. The Morgan fingerprint density at radius 2 is 2.00 bits per heavy atom. The fourth-order valence-electron chi connectivity index (χ4n) is 4.26. The highest BCUT2D eigenvalue weighted by molar-refractivity contribution is 7.20. The van der Waals surface area contributed by atoms with E-state index in [9.17, 15) is 4.79 Å². The summed E-state index contributed by atoms with van der Waals surface area (Å²) in [6.07, 6.45) is 0.327. The van der Waals surface area contributed by atoms with E-state index in [0.29, 0.717) is 35.5 Å². The van der Waals surface area contributed by atoms with Gasteiger partial charge in [0, 0.05) is 17.9 Å². The van der Waals surface area contributed by atoms with Crippen LogP contribution in [0, 0.1) is 6.92 Å². The second-order valence-corrected chi connectivity index (χ2v) is 8.75. The summed E-state index contributed by atoms with van der Waals surface area (Å²) < 4.78 is 19.2. The maximum atomic E-state index is 12.7. The molecule has 3 heterocycles. The summed E-state index contributed by atoms with van der Waals surface area (Å²) in [7, 11) is 3.26. The average Bonchev–Trinajstić information content (AvgIpc) is 3.39. The number of ether oxygens (including phenoxy) is 3. The summed E-state index contributed by atoms with van der Waals surface area (Å²) in [5, 5.41) is 8.47. The van der Waals surface area contributed by atoms with Crippen molar-refractivity contribution >= 4 is 33.3 Å². The predicted octanol–water partition coefficient (Wildman–Crippen LogP) is 4.68. The Kier molecular flexibility index (Phi) is 5.41. The summed E-state index contributed by atoms with van der Waals surface area (Å²) in [5.41, 5.74) is 3.66. The van der Waals surface area contributed by atoms with E-state index in [2.05, 4.69) is 5.32 Å². The van der Waals surface area contributed by atoms with Gasteiger partial charge in [0.25, 0.3) is 0 Å². The van der Waals surface area contributed by atoms with Crippen molar-refractivity contribution in [1.29, 1.82) is 0 Å². The Bertz CT molecular complexity index is 1360. The van der Waals surface area contributed by atoms with E-state index in [1.807, 2.05) is 50.2 Å². The molecule has 9 heteroatoms. The number of hydrogen-bond acceptors (Lipinski definition) is 7. The fourth-order valence-corrected chi connectivity index (χ4v) is 5.21. The third kappa shape index (κ3) is 3.68. The monoisotopic (exact) mass is 464 g/mol. The van der Waals surface area contributed by atoms with Crippen LogP contribution < -0.4 is 19.5 Å². The molecule has 1 aliphatic heterocycles. The SMILES string of the molecule is CCOc1ccc([C@@H]2CC(=O)Nc3c2c(C)nn3-c2nc3ccc(OC)cc3s2)cc1OC. The smallest absolute Gasteiger partial charge is 0.226 e. The Hall–Kier alpha value is -3.59. The summed E-state index contributed by atoms with van der Waals surface area (Å²) >= 11 is 1.50. The lowest BCUT2D eigenvalue weighted by Crippen LogP contribution is -2.25. The van der Waals surface area contributed by atoms with Gasteiger partial charge in [-0.15, -0.1) is 0 Å². The van der Waals surface area contributed by atoms with Crippen molar-refractivity contribution in [3.05, 3.63) is 53.2 Å². The van der Waals surface area contributed by atoms with Crippen molar-refractivity contribution in [2.75, 3.05) is 26.1 Å². The maximum Gasteiger partial charge on any atom is 0.226 e. The first kappa shape index (κ1) is 21.3. The number of fused-ring (bicyclic) bond motifs is 2. The molecular weight excluding hydrogens is 440 g/mol. The molecule has 8 nitrogen and oxygen atoms in total. The number of nitrogens with zero attached hydrogens (tertiary/aromatic N) is 3. The van der Waals surface area contributed by atoms with Crippen LogP contribution in [0.4, 0.5) is 5.82 Å². The highest BCUT2D eigenvalue weighted by Crippen LogP contribution is 2.43. The third-order valence-corrected chi connectivity index (χ3v) is 6.75. The number of hydrogen-bond donors (Lipinski definition) is 1. The average molecular weight is 465 g/mol. The number of carbonyl (C=O) groups excluding carboxylic acids is 1. The van der Waals surface area contributed by atoms with Crippen LogP contribution in [-0.2, 0) is 4.79 Å². The van der Waals surface area contributed by atoms with Gasteiger partial charge < -0.3 is 19.5 Å². The van der Waals surface area contributed by atoms with Crippen LogP contribution in [0.3, 0.4) is 0 Å². The lowest BCUT2D eigenvalue weighted by molar-refractivity contribution is -0.116. The molecule has 1 atom stereocenters. The molecule has 0 radical (unpaired) electrons. The van der Waals surface area contributed by atoms with Crippen molar-refractivity contribution < 1.29 is 19.0 Å². The second-order valence-electron chi connectivity index (χ2n) is 7.74. The molecule has 0 fully saturated rings. The molecule has 2 aromatic heterocycles. The van der Waals surface area contributed by atoms with Gasteiger partial charge in [-0.25, -0.2) is 4.98 Å². The number of rotatable bonds is 6. The second kappa shape index (κ2) is 8.40. The molecule has 4 aromatic rings. The highest BCUT2D eigenvalue weighted by Gasteiger charge is 2.33. The zero-order chi connectivity index (χ0) is 23.1. The minimum absolute atomic E-state index is 0.0655. The molecule has 0 spiro atoms. The minimum Gasteiger partial charge on any atom is -0.497 e. The van der Waals surface area contributed by atoms with Crippen molar-refractivity contribution in [3.8, 4) is 22.4 Å². The topological polar surface area (TPSA) is 87.5 Å². The number of methoxy groups -OCH3 is 2. The summed E-state index contributed by atoms with van der Waals surface area (Å²) in [4.78, 5) is 17.5. The molecule has 33 heavy (non-hydrogen) atoms. The van der Waals surface area contributed by atoms with Crippen LogP contribution in [0.5, 0.6) is 17.2 Å². The molecule has 1 aliphatic rings. The first-order valence-corrected chi connectivity index (χ1v) is 11.5. The number of thiazole rings is 1. The minimum atomic E-state index is -0.151.